The summed E-state index contributed by atoms with van der Waals surface area (Å²) in [7, 11) is 0. The van der Waals surface area contributed by atoms with Crippen molar-refractivity contribution in [1.29, 1.82) is 0 Å². The molecule has 7 nitrogen and oxygen atoms in total. The molecule has 2 heterocycles. The highest BCUT2D eigenvalue weighted by molar-refractivity contribution is 5.90. The Morgan fingerprint density at radius 1 is 1.11 bits per heavy atom. The SMILES string of the molecule is Cc1ccc(NC(=O)CCn2cnc3c(-c4ccccc4)noc3c2=O)cc1. The first kappa shape index (κ1) is 17.7. The van der Waals surface area contributed by atoms with Crippen molar-refractivity contribution in [2.24, 2.45) is 0 Å². The summed E-state index contributed by atoms with van der Waals surface area (Å²) in [6.07, 6.45) is 1.56. The summed E-state index contributed by atoms with van der Waals surface area (Å²) in [6, 6.07) is 16.9. The summed E-state index contributed by atoms with van der Waals surface area (Å²) in [5, 5.41) is 6.81. The third-order valence-electron chi connectivity index (χ3n) is 4.41. The van der Waals surface area contributed by atoms with Gasteiger partial charge in [-0.15, -0.1) is 0 Å². The van der Waals surface area contributed by atoms with E-state index < -0.39 is 0 Å². The average molecular weight is 374 g/mol. The highest BCUT2D eigenvalue weighted by atomic mass is 16.5. The van der Waals surface area contributed by atoms with Crippen molar-refractivity contribution >= 4 is 22.7 Å². The van der Waals surface area contributed by atoms with Crippen LogP contribution < -0.4 is 10.9 Å². The lowest BCUT2D eigenvalue weighted by Gasteiger charge is -2.07. The van der Waals surface area contributed by atoms with E-state index in [1.54, 1.807) is 0 Å². The fraction of sp³-hybridized carbons (Fsp3) is 0.143. The minimum absolute atomic E-state index is 0.0836. The summed E-state index contributed by atoms with van der Waals surface area (Å²) < 4.78 is 6.60. The number of benzene rings is 2. The number of carbonyl (C=O) groups is 1. The monoisotopic (exact) mass is 374 g/mol. The van der Waals surface area contributed by atoms with Crippen molar-refractivity contribution in [2.75, 3.05) is 5.32 Å². The second-order valence-electron chi connectivity index (χ2n) is 6.48. The van der Waals surface area contributed by atoms with E-state index >= 15 is 0 Å². The van der Waals surface area contributed by atoms with E-state index in [0.29, 0.717) is 11.2 Å². The quantitative estimate of drug-likeness (QED) is 0.578. The highest BCUT2D eigenvalue weighted by Crippen LogP contribution is 2.23. The second-order valence-corrected chi connectivity index (χ2v) is 6.48. The Balaban J connectivity index is 1.50. The van der Waals surface area contributed by atoms with Crippen LogP contribution in [-0.2, 0) is 11.3 Å². The van der Waals surface area contributed by atoms with Gasteiger partial charge in [0.15, 0.2) is 0 Å². The molecule has 0 aliphatic carbocycles. The number of nitrogens with zero attached hydrogens (tertiary/aromatic N) is 3. The fourth-order valence-electron chi connectivity index (χ4n) is 2.88. The van der Waals surface area contributed by atoms with Gasteiger partial charge in [-0.2, -0.15) is 0 Å². The Labute approximate surface area is 160 Å². The third-order valence-corrected chi connectivity index (χ3v) is 4.41. The molecule has 0 radical (unpaired) electrons. The zero-order valence-electron chi connectivity index (χ0n) is 15.3. The molecule has 1 amide bonds. The molecule has 0 spiro atoms. The van der Waals surface area contributed by atoms with Crippen molar-refractivity contribution in [1.82, 2.24) is 14.7 Å². The van der Waals surface area contributed by atoms with Crippen LogP contribution in [0.15, 0.2) is 70.2 Å². The van der Waals surface area contributed by atoms with Gasteiger partial charge in [0.25, 0.3) is 11.1 Å². The van der Waals surface area contributed by atoms with E-state index in [9.17, 15) is 9.59 Å². The van der Waals surface area contributed by atoms with Gasteiger partial charge in [-0.05, 0) is 19.1 Å². The summed E-state index contributed by atoms with van der Waals surface area (Å²) in [4.78, 5) is 29.1. The molecule has 7 heteroatoms. The number of rotatable bonds is 5. The predicted octanol–water partition coefficient (Wildman–Crippen LogP) is 3.39. The molecule has 0 bridgehead atoms. The standard InChI is InChI=1S/C21H18N4O3/c1-14-7-9-16(10-8-14)23-17(26)11-12-25-13-22-19-18(15-5-3-2-4-6-15)24-28-20(19)21(25)27/h2-10,13H,11-12H2,1H3,(H,23,26). The van der Waals surface area contributed by atoms with Gasteiger partial charge in [-0.3, -0.25) is 14.2 Å². The number of carbonyl (C=O) groups excluding carboxylic acids is 1. The zero-order valence-corrected chi connectivity index (χ0v) is 15.3. The molecule has 2 aromatic carbocycles. The van der Waals surface area contributed by atoms with Crippen LogP contribution in [0.25, 0.3) is 22.4 Å². The lowest BCUT2D eigenvalue weighted by molar-refractivity contribution is -0.116. The number of fused-ring (bicyclic) bond motifs is 1. The first-order chi connectivity index (χ1) is 13.6. The smallest absolute Gasteiger partial charge is 0.299 e. The number of nitrogens with one attached hydrogen (secondary N) is 1. The maximum atomic E-state index is 12.6. The maximum absolute atomic E-state index is 12.6. The van der Waals surface area contributed by atoms with Gasteiger partial charge in [-0.1, -0.05) is 53.2 Å². The summed E-state index contributed by atoms with van der Waals surface area (Å²) >= 11 is 0. The Kier molecular flexibility index (Phi) is 4.72. The molecule has 0 saturated heterocycles. The largest absolute Gasteiger partial charge is 0.348 e. The van der Waals surface area contributed by atoms with Gasteiger partial charge in [0.1, 0.15) is 11.2 Å². The molecular weight excluding hydrogens is 356 g/mol. The molecule has 1 N–H and O–H groups in total. The van der Waals surface area contributed by atoms with Crippen LogP contribution in [0, 0.1) is 6.92 Å². The number of aromatic nitrogens is 3. The number of hydrogen-bond acceptors (Lipinski definition) is 5. The van der Waals surface area contributed by atoms with Crippen LogP contribution in [0.2, 0.25) is 0 Å². The molecule has 4 aromatic rings. The van der Waals surface area contributed by atoms with Crippen molar-refractivity contribution in [3.63, 3.8) is 0 Å². The zero-order chi connectivity index (χ0) is 19.5. The Hall–Kier alpha value is -3.74. The summed E-state index contributed by atoms with van der Waals surface area (Å²) in [6.45, 7) is 2.18. The first-order valence-electron chi connectivity index (χ1n) is 8.88. The molecule has 4 rings (SSSR count). The van der Waals surface area contributed by atoms with E-state index in [-0.39, 0.29) is 30.0 Å². The second kappa shape index (κ2) is 7.48. The molecule has 0 fully saturated rings. The van der Waals surface area contributed by atoms with Gasteiger partial charge < -0.3 is 9.84 Å². The van der Waals surface area contributed by atoms with Crippen molar-refractivity contribution in [2.45, 2.75) is 19.9 Å². The summed E-state index contributed by atoms with van der Waals surface area (Å²) in [5.41, 5.74) is 3.32. The number of aryl methyl sites for hydroxylation is 2. The number of hydrogen-bond donors (Lipinski definition) is 1. The molecule has 0 aliphatic rings. The van der Waals surface area contributed by atoms with Crippen LogP contribution in [0.3, 0.4) is 0 Å². The molecule has 2 aromatic heterocycles. The Morgan fingerprint density at radius 2 is 1.86 bits per heavy atom. The number of amides is 1. The maximum Gasteiger partial charge on any atom is 0.299 e. The van der Waals surface area contributed by atoms with Crippen LogP contribution in [0.5, 0.6) is 0 Å². The molecule has 0 unspecified atom stereocenters. The van der Waals surface area contributed by atoms with Crippen LogP contribution in [0.4, 0.5) is 5.69 Å². The predicted molar refractivity (Wildman–Crippen MR) is 106 cm³/mol. The fourth-order valence-corrected chi connectivity index (χ4v) is 2.88. The van der Waals surface area contributed by atoms with E-state index in [0.717, 1.165) is 16.8 Å². The van der Waals surface area contributed by atoms with Gasteiger partial charge in [0.05, 0.1) is 6.33 Å². The highest BCUT2D eigenvalue weighted by Gasteiger charge is 2.16. The van der Waals surface area contributed by atoms with Gasteiger partial charge in [-0.25, -0.2) is 4.98 Å². The summed E-state index contributed by atoms with van der Waals surface area (Å²) in [5.74, 6) is -0.182. The molecule has 0 aliphatic heterocycles. The normalized spacial score (nSPS) is 10.9. The Bertz CT molecular complexity index is 1180. The van der Waals surface area contributed by atoms with Crippen molar-refractivity contribution in [3.8, 4) is 11.3 Å². The lowest BCUT2D eigenvalue weighted by atomic mass is 10.1. The van der Waals surface area contributed by atoms with E-state index in [2.05, 4.69) is 15.5 Å². The topological polar surface area (TPSA) is 90.0 Å². The van der Waals surface area contributed by atoms with E-state index in [1.165, 1.54) is 10.9 Å². The van der Waals surface area contributed by atoms with Gasteiger partial charge in [0, 0.05) is 24.2 Å². The molecule has 0 atom stereocenters. The van der Waals surface area contributed by atoms with Crippen molar-refractivity contribution in [3.05, 3.63) is 76.8 Å². The molecule has 0 saturated carbocycles. The van der Waals surface area contributed by atoms with Crippen molar-refractivity contribution < 1.29 is 9.32 Å². The van der Waals surface area contributed by atoms with Gasteiger partial charge in [0.2, 0.25) is 5.91 Å². The Morgan fingerprint density at radius 3 is 2.61 bits per heavy atom. The first-order valence-corrected chi connectivity index (χ1v) is 8.88. The van der Waals surface area contributed by atoms with E-state index in [1.807, 2.05) is 61.5 Å². The minimum atomic E-state index is -0.359. The van der Waals surface area contributed by atoms with E-state index in [4.69, 9.17) is 4.52 Å². The lowest BCUT2D eigenvalue weighted by Crippen LogP contribution is -2.23. The van der Waals surface area contributed by atoms with Crippen LogP contribution in [0.1, 0.15) is 12.0 Å². The molecule has 140 valence electrons. The molecule has 28 heavy (non-hydrogen) atoms. The molecular formula is C21H18N4O3. The van der Waals surface area contributed by atoms with Crippen LogP contribution in [-0.4, -0.2) is 20.6 Å². The number of anilines is 1. The average Bonchev–Trinajstić information content (AvgIpc) is 3.15. The minimum Gasteiger partial charge on any atom is -0.348 e. The van der Waals surface area contributed by atoms with Crippen LogP contribution >= 0.6 is 0 Å². The third kappa shape index (κ3) is 3.55. The van der Waals surface area contributed by atoms with Gasteiger partial charge >= 0.3 is 0 Å².